The van der Waals surface area contributed by atoms with Gasteiger partial charge < -0.3 is 20.1 Å². The average molecular weight is 461 g/mol. The lowest BCUT2D eigenvalue weighted by Crippen LogP contribution is -2.53. The summed E-state index contributed by atoms with van der Waals surface area (Å²) < 4.78 is 22.9. The molecule has 2 aromatic carbocycles. The summed E-state index contributed by atoms with van der Waals surface area (Å²) in [6, 6.07) is 7.33. The number of nitro groups is 1. The van der Waals surface area contributed by atoms with Crippen molar-refractivity contribution in [3.8, 4) is 5.75 Å². The number of ether oxygens (including phenoxy) is 2. The third kappa shape index (κ3) is 7.27. The molecule has 11 heteroatoms. The lowest BCUT2D eigenvalue weighted by Gasteiger charge is -2.22. The molecule has 0 aromatic heterocycles. The second-order valence-corrected chi connectivity index (χ2v) is 7.14. The van der Waals surface area contributed by atoms with Crippen LogP contribution in [0, 0.1) is 15.9 Å². The van der Waals surface area contributed by atoms with E-state index in [1.54, 1.807) is 0 Å². The van der Waals surface area contributed by atoms with Crippen molar-refractivity contribution in [2.24, 2.45) is 0 Å². The number of halogens is 1. The molecule has 0 fully saturated rings. The van der Waals surface area contributed by atoms with Crippen LogP contribution in [0.3, 0.4) is 0 Å². The first-order valence-corrected chi connectivity index (χ1v) is 9.85. The van der Waals surface area contributed by atoms with Crippen LogP contribution >= 0.6 is 0 Å². The van der Waals surface area contributed by atoms with Crippen LogP contribution in [0.15, 0.2) is 42.5 Å². The summed E-state index contributed by atoms with van der Waals surface area (Å²) in [6.07, 6.45) is -0.0554. The largest absolute Gasteiger partial charge is 0.490 e. The minimum absolute atomic E-state index is 0.0485. The van der Waals surface area contributed by atoms with Crippen molar-refractivity contribution in [2.45, 2.75) is 31.8 Å². The van der Waals surface area contributed by atoms with Gasteiger partial charge in [-0.15, -0.1) is 0 Å². The zero-order chi connectivity index (χ0) is 24.5. The molecule has 2 amide bonds. The average Bonchev–Trinajstić information content (AvgIpc) is 2.78. The van der Waals surface area contributed by atoms with Crippen LogP contribution in [0.1, 0.15) is 18.1 Å². The Kier molecular flexibility index (Phi) is 8.84. The summed E-state index contributed by atoms with van der Waals surface area (Å²) >= 11 is 0. The van der Waals surface area contributed by atoms with Gasteiger partial charge in [0, 0.05) is 25.8 Å². The molecule has 0 radical (unpaired) electrons. The maximum Gasteiger partial charge on any atom is 0.328 e. The summed E-state index contributed by atoms with van der Waals surface area (Å²) in [4.78, 5) is 47.5. The van der Waals surface area contributed by atoms with Crippen LogP contribution in [0.25, 0.3) is 0 Å². The topological polar surface area (TPSA) is 137 Å². The summed E-state index contributed by atoms with van der Waals surface area (Å²) in [6.45, 7) is 1.24. The highest BCUT2D eigenvalue weighted by atomic mass is 19.1. The maximum absolute atomic E-state index is 13.2. The Bertz CT molecular complexity index is 1030. The summed E-state index contributed by atoms with van der Waals surface area (Å²) in [5, 5.41) is 16.3. The normalized spacial score (nSPS) is 12.2. The zero-order valence-electron chi connectivity index (χ0n) is 18.3. The van der Waals surface area contributed by atoms with E-state index in [1.165, 1.54) is 56.5 Å². The Hall–Kier alpha value is -4.02. The number of nitrogens with zero attached hydrogens (tertiary/aromatic N) is 1. The van der Waals surface area contributed by atoms with Gasteiger partial charge in [-0.25, -0.2) is 9.18 Å². The second kappa shape index (κ2) is 11.6. The summed E-state index contributed by atoms with van der Waals surface area (Å²) in [5.74, 6) is -2.32. The molecule has 2 rings (SSSR count). The van der Waals surface area contributed by atoms with Gasteiger partial charge in [-0.3, -0.25) is 19.7 Å². The van der Waals surface area contributed by atoms with Crippen LogP contribution in [0.5, 0.6) is 5.75 Å². The van der Waals surface area contributed by atoms with Gasteiger partial charge in [-0.05, 0) is 29.3 Å². The number of amides is 2. The van der Waals surface area contributed by atoms with E-state index >= 15 is 0 Å². The molecule has 0 aliphatic carbocycles. The molecule has 0 saturated heterocycles. The fourth-order valence-electron chi connectivity index (χ4n) is 3.16. The van der Waals surface area contributed by atoms with Crippen molar-refractivity contribution in [1.82, 2.24) is 10.6 Å². The fourth-order valence-corrected chi connectivity index (χ4v) is 3.16. The predicted molar refractivity (Wildman–Crippen MR) is 115 cm³/mol. The van der Waals surface area contributed by atoms with Gasteiger partial charge in [0.05, 0.1) is 19.1 Å². The lowest BCUT2D eigenvalue weighted by molar-refractivity contribution is -0.385. The molecule has 0 aliphatic rings. The molecule has 176 valence electrons. The van der Waals surface area contributed by atoms with Crippen molar-refractivity contribution in [3.63, 3.8) is 0 Å². The van der Waals surface area contributed by atoms with Gasteiger partial charge in [0.1, 0.15) is 17.9 Å². The van der Waals surface area contributed by atoms with Gasteiger partial charge in [0.25, 0.3) is 0 Å². The predicted octanol–water partition coefficient (Wildman–Crippen LogP) is 1.69. The molecule has 0 bridgehead atoms. The zero-order valence-corrected chi connectivity index (χ0v) is 18.3. The molecule has 0 unspecified atom stereocenters. The van der Waals surface area contributed by atoms with E-state index in [2.05, 4.69) is 10.6 Å². The number of nitro benzene ring substituents is 1. The van der Waals surface area contributed by atoms with E-state index in [-0.39, 0.29) is 24.3 Å². The molecule has 33 heavy (non-hydrogen) atoms. The maximum atomic E-state index is 13.2. The highest BCUT2D eigenvalue weighted by molar-refractivity contribution is 5.90. The van der Waals surface area contributed by atoms with Gasteiger partial charge >= 0.3 is 11.7 Å². The minimum atomic E-state index is -1.18. The molecule has 0 saturated carbocycles. The number of esters is 1. The number of carbonyl (C=O) groups excluding carboxylic acids is 3. The van der Waals surface area contributed by atoms with Crippen molar-refractivity contribution in [1.29, 1.82) is 0 Å². The van der Waals surface area contributed by atoms with Crippen molar-refractivity contribution >= 4 is 23.5 Å². The van der Waals surface area contributed by atoms with Crippen molar-refractivity contribution < 1.29 is 33.2 Å². The van der Waals surface area contributed by atoms with Crippen LogP contribution in [-0.4, -0.2) is 49.0 Å². The third-order valence-corrected chi connectivity index (χ3v) is 4.73. The summed E-state index contributed by atoms with van der Waals surface area (Å²) in [5.41, 5.74) is 0.677. The molecular formula is C22H24FN3O7. The highest BCUT2D eigenvalue weighted by Gasteiger charge is 2.28. The standard InChI is InChI=1S/C22H24FN3O7/c1-13(27)24-17(10-14-4-7-16(23)8-5-14)21(28)25-18(22(29)33-3)11-15-6-9-20(32-2)19(12-15)26(30)31/h4-9,12,17-18H,10-11H2,1-3H3,(H,24,27)(H,25,28)/t17-,18-/m1/s1. The van der Waals surface area contributed by atoms with Crippen LogP contribution in [-0.2, 0) is 32.0 Å². The van der Waals surface area contributed by atoms with Crippen LogP contribution < -0.4 is 15.4 Å². The molecule has 10 nitrogen and oxygen atoms in total. The van der Waals surface area contributed by atoms with E-state index in [1.807, 2.05) is 0 Å². The van der Waals surface area contributed by atoms with Gasteiger partial charge in [-0.2, -0.15) is 0 Å². The first kappa shape index (κ1) is 25.2. The Morgan fingerprint density at radius 3 is 2.15 bits per heavy atom. The van der Waals surface area contributed by atoms with Gasteiger partial charge in [-0.1, -0.05) is 18.2 Å². The smallest absolute Gasteiger partial charge is 0.328 e. The number of hydrogen-bond acceptors (Lipinski definition) is 7. The minimum Gasteiger partial charge on any atom is -0.490 e. The monoisotopic (exact) mass is 461 g/mol. The van der Waals surface area contributed by atoms with E-state index in [4.69, 9.17) is 9.47 Å². The van der Waals surface area contributed by atoms with Gasteiger partial charge in [0.2, 0.25) is 11.8 Å². The second-order valence-electron chi connectivity index (χ2n) is 7.14. The number of hydrogen-bond donors (Lipinski definition) is 2. The van der Waals surface area contributed by atoms with E-state index < -0.39 is 40.6 Å². The Labute approximate surface area is 189 Å². The first-order chi connectivity index (χ1) is 15.6. The molecule has 2 aromatic rings. The summed E-state index contributed by atoms with van der Waals surface area (Å²) in [7, 11) is 2.44. The third-order valence-electron chi connectivity index (χ3n) is 4.73. The van der Waals surface area contributed by atoms with Gasteiger partial charge in [0.15, 0.2) is 5.75 Å². The quantitative estimate of drug-likeness (QED) is 0.312. The van der Waals surface area contributed by atoms with E-state index in [0.29, 0.717) is 11.1 Å². The van der Waals surface area contributed by atoms with Crippen LogP contribution in [0.4, 0.5) is 10.1 Å². The SMILES string of the molecule is COC(=O)[C@@H](Cc1ccc(OC)c([N+](=O)[O-])c1)NC(=O)[C@@H](Cc1ccc(F)cc1)NC(C)=O. The molecule has 2 atom stereocenters. The molecule has 0 heterocycles. The number of methoxy groups -OCH3 is 2. The van der Waals surface area contributed by atoms with Crippen molar-refractivity contribution in [2.75, 3.05) is 14.2 Å². The molecular weight excluding hydrogens is 437 g/mol. The Morgan fingerprint density at radius 1 is 1.00 bits per heavy atom. The molecule has 2 N–H and O–H groups in total. The number of benzene rings is 2. The highest BCUT2D eigenvalue weighted by Crippen LogP contribution is 2.28. The number of nitrogens with one attached hydrogen (secondary N) is 2. The lowest BCUT2D eigenvalue weighted by atomic mass is 10.0. The van der Waals surface area contributed by atoms with E-state index in [0.717, 1.165) is 7.11 Å². The Balaban J connectivity index is 2.24. The van der Waals surface area contributed by atoms with E-state index in [9.17, 15) is 28.9 Å². The number of carbonyl (C=O) groups is 3. The van der Waals surface area contributed by atoms with Crippen LogP contribution in [0.2, 0.25) is 0 Å². The van der Waals surface area contributed by atoms with Crippen molar-refractivity contribution in [3.05, 3.63) is 69.5 Å². The molecule has 0 spiro atoms. The first-order valence-electron chi connectivity index (χ1n) is 9.85. The molecule has 0 aliphatic heterocycles. The number of rotatable bonds is 10. The Morgan fingerprint density at radius 2 is 1.61 bits per heavy atom. The fraction of sp³-hybridized carbons (Fsp3) is 0.318.